The smallest absolute Gasteiger partial charge is 0.122 e. The zero-order valence-electron chi connectivity index (χ0n) is 10.5. The van der Waals surface area contributed by atoms with Gasteiger partial charge in [-0.25, -0.2) is 0 Å². The highest BCUT2D eigenvalue weighted by atomic mass is 16.5. The van der Waals surface area contributed by atoms with Crippen LogP contribution in [0.15, 0.2) is 24.3 Å². The lowest BCUT2D eigenvalue weighted by atomic mass is 9.80. The minimum Gasteiger partial charge on any atom is -0.496 e. The topological polar surface area (TPSA) is 35.2 Å². The van der Waals surface area contributed by atoms with Gasteiger partial charge in [0.05, 0.1) is 7.11 Å². The number of ether oxygens (including phenoxy) is 1. The van der Waals surface area contributed by atoms with Gasteiger partial charge < -0.3 is 10.5 Å². The Morgan fingerprint density at radius 1 is 1.24 bits per heavy atom. The summed E-state index contributed by atoms with van der Waals surface area (Å²) in [6.45, 7) is 0. The number of hydrogen-bond acceptors (Lipinski definition) is 2. The predicted octanol–water partition coefficient (Wildman–Crippen LogP) is 2.85. The second kappa shape index (κ2) is 4.02. The molecule has 2 fully saturated rings. The van der Waals surface area contributed by atoms with Crippen molar-refractivity contribution >= 4 is 0 Å². The molecule has 0 amide bonds. The summed E-state index contributed by atoms with van der Waals surface area (Å²) in [6, 6.07) is 8.76. The van der Waals surface area contributed by atoms with E-state index in [4.69, 9.17) is 10.5 Å². The van der Waals surface area contributed by atoms with Gasteiger partial charge in [0.15, 0.2) is 0 Å². The fraction of sp³-hybridized carbons (Fsp3) is 0.600. The van der Waals surface area contributed by atoms with Gasteiger partial charge in [0.1, 0.15) is 5.75 Å². The van der Waals surface area contributed by atoms with Gasteiger partial charge in [-0.15, -0.1) is 0 Å². The van der Waals surface area contributed by atoms with Gasteiger partial charge in [0.2, 0.25) is 0 Å². The minimum absolute atomic E-state index is 0.225. The third-order valence-corrected chi connectivity index (χ3v) is 4.75. The molecule has 0 heterocycles. The van der Waals surface area contributed by atoms with Gasteiger partial charge in [0.25, 0.3) is 0 Å². The first-order valence-corrected chi connectivity index (χ1v) is 6.68. The molecule has 17 heavy (non-hydrogen) atoms. The van der Waals surface area contributed by atoms with Gasteiger partial charge in [-0.05, 0) is 31.2 Å². The van der Waals surface area contributed by atoms with Gasteiger partial charge in [-0.1, -0.05) is 31.0 Å². The van der Waals surface area contributed by atoms with Crippen LogP contribution in [0.3, 0.4) is 0 Å². The van der Waals surface area contributed by atoms with Gasteiger partial charge in [0, 0.05) is 17.0 Å². The van der Waals surface area contributed by atoms with E-state index in [1.54, 1.807) is 7.11 Å². The fourth-order valence-electron chi connectivity index (χ4n) is 3.77. The van der Waals surface area contributed by atoms with Crippen molar-refractivity contribution in [3.8, 4) is 5.75 Å². The Kier molecular flexibility index (Phi) is 2.62. The minimum atomic E-state index is 0.225. The molecule has 2 heteroatoms. The second-order valence-electron chi connectivity index (χ2n) is 5.53. The normalized spacial score (nSPS) is 32.7. The Morgan fingerprint density at radius 2 is 1.88 bits per heavy atom. The summed E-state index contributed by atoms with van der Waals surface area (Å²) in [5.41, 5.74) is 7.86. The number of rotatable bonds is 3. The lowest BCUT2D eigenvalue weighted by molar-refractivity contribution is 0.366. The molecule has 2 N–H and O–H groups in total. The Labute approximate surface area is 103 Å². The standard InChI is InChI=1S/C15H21NO/c1-17-13-9-5-4-8-12(13)15(10-14(15)16)11-6-2-3-7-11/h4-5,8-9,11,14H,2-3,6-7,10,16H2,1H3. The predicted molar refractivity (Wildman–Crippen MR) is 69.2 cm³/mol. The second-order valence-corrected chi connectivity index (χ2v) is 5.53. The first kappa shape index (κ1) is 11.1. The lowest BCUT2D eigenvalue weighted by Gasteiger charge is -2.26. The number of para-hydroxylation sites is 1. The van der Waals surface area contributed by atoms with E-state index in [1.165, 1.54) is 31.2 Å². The molecule has 2 saturated carbocycles. The molecule has 0 radical (unpaired) electrons. The van der Waals surface area contributed by atoms with E-state index in [9.17, 15) is 0 Å². The van der Waals surface area contributed by atoms with Crippen molar-refractivity contribution in [3.63, 3.8) is 0 Å². The third-order valence-electron chi connectivity index (χ3n) is 4.75. The summed E-state index contributed by atoms with van der Waals surface area (Å²) >= 11 is 0. The van der Waals surface area contributed by atoms with Crippen molar-refractivity contribution in [2.45, 2.75) is 43.6 Å². The molecule has 2 aliphatic carbocycles. The number of methoxy groups -OCH3 is 1. The van der Waals surface area contributed by atoms with Crippen LogP contribution in [-0.4, -0.2) is 13.2 Å². The lowest BCUT2D eigenvalue weighted by Crippen LogP contribution is -2.26. The first-order valence-electron chi connectivity index (χ1n) is 6.68. The molecule has 92 valence electrons. The largest absolute Gasteiger partial charge is 0.496 e. The Hall–Kier alpha value is -1.02. The molecule has 3 rings (SSSR count). The SMILES string of the molecule is COc1ccccc1C1(C2CCCC2)CC1N. The Balaban J connectivity index is 2.00. The van der Waals surface area contributed by atoms with Crippen molar-refractivity contribution < 1.29 is 4.74 Å². The molecular formula is C15H21NO. The molecule has 2 unspecified atom stereocenters. The first-order chi connectivity index (χ1) is 8.29. The van der Waals surface area contributed by atoms with Gasteiger partial charge in [-0.2, -0.15) is 0 Å². The summed E-state index contributed by atoms with van der Waals surface area (Å²) in [7, 11) is 1.76. The summed E-state index contributed by atoms with van der Waals surface area (Å²) < 4.78 is 5.52. The Bertz CT molecular complexity index is 411. The maximum atomic E-state index is 6.28. The van der Waals surface area contributed by atoms with Crippen LogP contribution in [0.1, 0.15) is 37.7 Å². The van der Waals surface area contributed by atoms with Crippen LogP contribution >= 0.6 is 0 Å². The zero-order chi connectivity index (χ0) is 11.9. The molecule has 0 spiro atoms. The maximum Gasteiger partial charge on any atom is 0.122 e. The van der Waals surface area contributed by atoms with Crippen molar-refractivity contribution in [3.05, 3.63) is 29.8 Å². The van der Waals surface area contributed by atoms with Crippen molar-refractivity contribution in [2.75, 3.05) is 7.11 Å². The van der Waals surface area contributed by atoms with E-state index in [1.807, 2.05) is 6.07 Å². The molecular weight excluding hydrogens is 210 g/mol. The third kappa shape index (κ3) is 1.58. The highest BCUT2D eigenvalue weighted by molar-refractivity contribution is 5.47. The van der Waals surface area contributed by atoms with E-state index in [2.05, 4.69) is 18.2 Å². The number of benzene rings is 1. The average molecular weight is 231 g/mol. The Morgan fingerprint density at radius 3 is 2.47 bits per heavy atom. The number of hydrogen-bond donors (Lipinski definition) is 1. The molecule has 0 aromatic heterocycles. The fourth-order valence-corrected chi connectivity index (χ4v) is 3.77. The summed E-state index contributed by atoms with van der Waals surface area (Å²) in [5, 5.41) is 0. The molecule has 2 aliphatic rings. The molecule has 0 aliphatic heterocycles. The molecule has 1 aromatic rings. The molecule has 0 saturated heterocycles. The van der Waals surface area contributed by atoms with Crippen LogP contribution in [0.5, 0.6) is 5.75 Å². The monoisotopic (exact) mass is 231 g/mol. The van der Waals surface area contributed by atoms with E-state index in [0.29, 0.717) is 6.04 Å². The van der Waals surface area contributed by atoms with Crippen LogP contribution < -0.4 is 10.5 Å². The summed E-state index contributed by atoms with van der Waals surface area (Å²) in [5.74, 6) is 1.79. The summed E-state index contributed by atoms with van der Waals surface area (Å²) in [4.78, 5) is 0. The van der Waals surface area contributed by atoms with Crippen LogP contribution in [-0.2, 0) is 5.41 Å². The van der Waals surface area contributed by atoms with Crippen molar-refractivity contribution in [1.29, 1.82) is 0 Å². The molecule has 0 bridgehead atoms. The quantitative estimate of drug-likeness (QED) is 0.868. The van der Waals surface area contributed by atoms with E-state index >= 15 is 0 Å². The summed E-state index contributed by atoms with van der Waals surface area (Å²) in [6.07, 6.45) is 6.55. The van der Waals surface area contributed by atoms with Crippen LogP contribution in [0, 0.1) is 5.92 Å². The average Bonchev–Trinajstić information content (AvgIpc) is 2.82. The molecule has 1 aromatic carbocycles. The molecule has 2 atom stereocenters. The van der Waals surface area contributed by atoms with E-state index in [-0.39, 0.29) is 5.41 Å². The highest BCUT2D eigenvalue weighted by Gasteiger charge is 2.59. The molecule has 2 nitrogen and oxygen atoms in total. The van der Waals surface area contributed by atoms with Crippen molar-refractivity contribution in [1.82, 2.24) is 0 Å². The van der Waals surface area contributed by atoms with Crippen molar-refractivity contribution in [2.24, 2.45) is 11.7 Å². The van der Waals surface area contributed by atoms with Crippen LogP contribution in [0.25, 0.3) is 0 Å². The van der Waals surface area contributed by atoms with Gasteiger partial charge >= 0.3 is 0 Å². The number of nitrogens with two attached hydrogens (primary N) is 1. The van der Waals surface area contributed by atoms with E-state index in [0.717, 1.165) is 18.1 Å². The van der Waals surface area contributed by atoms with Gasteiger partial charge in [-0.3, -0.25) is 0 Å². The highest BCUT2D eigenvalue weighted by Crippen LogP contribution is 2.59. The maximum absolute atomic E-state index is 6.28. The van der Waals surface area contributed by atoms with E-state index < -0.39 is 0 Å². The van der Waals surface area contributed by atoms with Crippen LogP contribution in [0.2, 0.25) is 0 Å². The zero-order valence-corrected chi connectivity index (χ0v) is 10.5. The van der Waals surface area contributed by atoms with Crippen LogP contribution in [0.4, 0.5) is 0 Å².